The summed E-state index contributed by atoms with van der Waals surface area (Å²) in [6.07, 6.45) is 0. The number of aliphatic hydroxyl groups is 1. The van der Waals surface area contributed by atoms with Crippen LogP contribution in [0.1, 0.15) is 21.5 Å². The highest BCUT2D eigenvalue weighted by Crippen LogP contribution is 2.23. The number of aliphatic hydroxyl groups excluding tert-OH is 1. The smallest absolute Gasteiger partial charge is 0.341 e. The van der Waals surface area contributed by atoms with Crippen LogP contribution in [0.5, 0.6) is 0 Å². The zero-order chi connectivity index (χ0) is 21.4. The van der Waals surface area contributed by atoms with Crippen LogP contribution < -0.4 is 5.32 Å². The molecular weight excluding hydrogens is 378 g/mol. The second-order valence-electron chi connectivity index (χ2n) is 6.39. The van der Waals surface area contributed by atoms with Crippen LogP contribution in [0.15, 0.2) is 42.5 Å². The Kier molecular flexibility index (Phi) is 7.67. The van der Waals surface area contributed by atoms with Crippen LogP contribution >= 0.6 is 0 Å². The molecule has 0 unspecified atom stereocenters. The Balaban J connectivity index is 2.05. The summed E-state index contributed by atoms with van der Waals surface area (Å²) >= 11 is 0. The van der Waals surface area contributed by atoms with Gasteiger partial charge in [0.1, 0.15) is 0 Å². The second-order valence-corrected chi connectivity index (χ2v) is 6.39. The number of aryl methyl sites for hydroxylation is 1. The molecule has 0 heterocycles. The van der Waals surface area contributed by atoms with Crippen molar-refractivity contribution in [3.05, 3.63) is 69.3 Å². The van der Waals surface area contributed by atoms with Crippen LogP contribution in [0.25, 0.3) is 0 Å². The number of likely N-dealkylation sites (N-methyl/N-ethyl adjacent to an activating group) is 1. The first-order valence-electron chi connectivity index (χ1n) is 8.92. The minimum atomic E-state index is -0.869. The first kappa shape index (κ1) is 21.8. The monoisotopic (exact) mass is 401 g/mol. The van der Waals surface area contributed by atoms with Gasteiger partial charge in [0.2, 0.25) is 0 Å². The van der Waals surface area contributed by atoms with Crippen LogP contribution in [0.4, 0.5) is 11.4 Å². The van der Waals surface area contributed by atoms with Gasteiger partial charge in [0.15, 0.2) is 6.61 Å². The highest BCUT2D eigenvalue weighted by molar-refractivity contribution is 5.97. The fourth-order valence-electron chi connectivity index (χ4n) is 2.61. The topological polar surface area (TPSA) is 122 Å². The Bertz CT molecular complexity index is 900. The molecule has 0 saturated carbocycles. The van der Waals surface area contributed by atoms with Crippen LogP contribution in [0.2, 0.25) is 0 Å². The van der Waals surface area contributed by atoms with Crippen molar-refractivity contribution >= 4 is 23.3 Å². The lowest BCUT2D eigenvalue weighted by atomic mass is 10.1. The van der Waals surface area contributed by atoms with Gasteiger partial charge in [-0.15, -0.1) is 0 Å². The maximum atomic E-state index is 12.4. The number of benzene rings is 2. The number of amides is 1. The number of carbonyl (C=O) groups excluding carboxylic acids is 2. The molecule has 29 heavy (non-hydrogen) atoms. The predicted octanol–water partition coefficient (Wildman–Crippen LogP) is 2.12. The third-order valence-electron chi connectivity index (χ3n) is 4.28. The van der Waals surface area contributed by atoms with E-state index in [1.165, 1.54) is 17.0 Å². The molecule has 2 aromatic carbocycles. The van der Waals surface area contributed by atoms with E-state index in [4.69, 9.17) is 9.84 Å². The van der Waals surface area contributed by atoms with Crippen molar-refractivity contribution in [2.45, 2.75) is 13.5 Å². The zero-order valence-electron chi connectivity index (χ0n) is 16.3. The van der Waals surface area contributed by atoms with Gasteiger partial charge in [-0.3, -0.25) is 14.9 Å². The molecule has 9 heteroatoms. The Morgan fingerprint density at radius 1 is 1.24 bits per heavy atom. The van der Waals surface area contributed by atoms with Crippen molar-refractivity contribution in [3.63, 3.8) is 0 Å². The molecule has 0 saturated heterocycles. The maximum Gasteiger partial charge on any atom is 0.341 e. The van der Waals surface area contributed by atoms with Crippen LogP contribution in [-0.2, 0) is 16.1 Å². The normalized spacial score (nSPS) is 10.3. The largest absolute Gasteiger partial charge is 0.452 e. The van der Waals surface area contributed by atoms with Crippen molar-refractivity contribution in [1.29, 1.82) is 0 Å². The van der Waals surface area contributed by atoms with Gasteiger partial charge in [-0.05, 0) is 24.1 Å². The summed E-state index contributed by atoms with van der Waals surface area (Å²) < 4.78 is 5.08. The van der Waals surface area contributed by atoms with Crippen LogP contribution in [0.3, 0.4) is 0 Å². The summed E-state index contributed by atoms with van der Waals surface area (Å²) in [5, 5.41) is 22.7. The highest BCUT2D eigenvalue weighted by Gasteiger charge is 2.20. The van der Waals surface area contributed by atoms with Crippen LogP contribution in [0, 0.1) is 17.0 Å². The second kappa shape index (κ2) is 10.2. The molecule has 0 aliphatic heterocycles. The van der Waals surface area contributed by atoms with E-state index in [1.807, 2.05) is 31.2 Å². The maximum absolute atomic E-state index is 12.4. The number of ether oxygens (including phenoxy) is 1. The Hall–Kier alpha value is -3.46. The molecule has 2 N–H and O–H groups in total. The zero-order valence-corrected chi connectivity index (χ0v) is 16.3. The molecule has 0 aliphatic carbocycles. The molecular formula is C20H23N3O6. The van der Waals surface area contributed by atoms with Crippen molar-refractivity contribution in [3.8, 4) is 0 Å². The number of rotatable bonds is 9. The average Bonchev–Trinajstić information content (AvgIpc) is 2.71. The van der Waals surface area contributed by atoms with Crippen molar-refractivity contribution < 1.29 is 24.4 Å². The number of nitro benzene ring substituents is 1. The standard InChI is InChI=1S/C20H23N3O6/c1-14-5-3-4-6-15(14)12-22(2)19(25)13-29-20(26)17-11-16(23(27)28)7-8-18(17)21-9-10-24/h3-8,11,21,24H,9-10,12-13H2,1-2H3. The summed E-state index contributed by atoms with van der Waals surface area (Å²) in [5.74, 6) is -1.27. The lowest BCUT2D eigenvalue weighted by Gasteiger charge is -2.18. The van der Waals surface area contributed by atoms with Gasteiger partial charge in [-0.2, -0.15) is 0 Å². The molecule has 154 valence electrons. The summed E-state index contributed by atoms with van der Waals surface area (Å²) in [6.45, 7) is 1.77. The van der Waals surface area contributed by atoms with Gasteiger partial charge in [0.25, 0.3) is 11.6 Å². The van der Waals surface area contributed by atoms with E-state index >= 15 is 0 Å². The average molecular weight is 401 g/mol. The number of anilines is 1. The van der Waals surface area contributed by atoms with Crippen molar-refractivity contribution in [2.24, 2.45) is 0 Å². The van der Waals surface area contributed by atoms with Gasteiger partial charge in [0, 0.05) is 38.0 Å². The minimum absolute atomic E-state index is 0.0815. The molecule has 0 aromatic heterocycles. The minimum Gasteiger partial charge on any atom is -0.452 e. The van der Waals surface area contributed by atoms with E-state index in [2.05, 4.69) is 5.32 Å². The molecule has 0 fully saturated rings. The SMILES string of the molecule is Cc1ccccc1CN(C)C(=O)COC(=O)c1cc([N+](=O)[O-])ccc1NCCO. The predicted molar refractivity (Wildman–Crippen MR) is 107 cm³/mol. The van der Waals surface area contributed by atoms with E-state index in [0.717, 1.165) is 17.2 Å². The summed E-state index contributed by atoms with van der Waals surface area (Å²) in [4.78, 5) is 36.5. The Morgan fingerprint density at radius 2 is 1.97 bits per heavy atom. The molecule has 2 aromatic rings. The number of nitro groups is 1. The van der Waals surface area contributed by atoms with Crippen LogP contribution in [-0.4, -0.2) is 53.6 Å². The first-order valence-corrected chi connectivity index (χ1v) is 8.92. The summed E-state index contributed by atoms with van der Waals surface area (Å²) in [7, 11) is 1.60. The number of hydrogen-bond donors (Lipinski definition) is 2. The summed E-state index contributed by atoms with van der Waals surface area (Å²) in [5.41, 5.74) is 1.93. The Morgan fingerprint density at radius 3 is 2.62 bits per heavy atom. The van der Waals surface area contributed by atoms with Gasteiger partial charge in [-0.25, -0.2) is 4.79 Å². The quantitative estimate of drug-likeness (QED) is 0.375. The number of non-ortho nitro benzene ring substituents is 1. The van der Waals surface area contributed by atoms with Gasteiger partial charge >= 0.3 is 5.97 Å². The number of nitrogens with zero attached hydrogens (tertiary/aromatic N) is 2. The lowest BCUT2D eigenvalue weighted by Crippen LogP contribution is -2.31. The molecule has 1 amide bonds. The van der Waals surface area contributed by atoms with E-state index in [1.54, 1.807) is 7.05 Å². The molecule has 9 nitrogen and oxygen atoms in total. The Labute approximate surface area is 168 Å². The van der Waals surface area contributed by atoms with Gasteiger partial charge in [-0.1, -0.05) is 24.3 Å². The van der Waals surface area contributed by atoms with E-state index in [-0.39, 0.29) is 30.1 Å². The molecule has 2 rings (SSSR count). The molecule has 0 spiro atoms. The first-order chi connectivity index (χ1) is 13.8. The van der Waals surface area contributed by atoms with Gasteiger partial charge in [0.05, 0.1) is 17.1 Å². The lowest BCUT2D eigenvalue weighted by molar-refractivity contribution is -0.384. The number of esters is 1. The fraction of sp³-hybridized carbons (Fsp3) is 0.300. The fourth-order valence-corrected chi connectivity index (χ4v) is 2.61. The van der Waals surface area contributed by atoms with E-state index in [9.17, 15) is 19.7 Å². The molecule has 0 atom stereocenters. The number of carbonyl (C=O) groups is 2. The van der Waals surface area contributed by atoms with E-state index < -0.39 is 23.4 Å². The third-order valence-corrected chi connectivity index (χ3v) is 4.28. The van der Waals surface area contributed by atoms with Crippen molar-refractivity contribution in [2.75, 3.05) is 32.1 Å². The van der Waals surface area contributed by atoms with Crippen molar-refractivity contribution in [1.82, 2.24) is 4.90 Å². The third kappa shape index (κ3) is 6.01. The number of nitrogens with one attached hydrogen (secondary N) is 1. The summed E-state index contributed by atoms with van der Waals surface area (Å²) in [6, 6.07) is 11.3. The van der Waals surface area contributed by atoms with Gasteiger partial charge < -0.3 is 20.1 Å². The van der Waals surface area contributed by atoms with E-state index in [0.29, 0.717) is 6.54 Å². The molecule has 0 aliphatic rings. The molecule has 0 radical (unpaired) electrons. The highest BCUT2D eigenvalue weighted by atomic mass is 16.6. The number of hydrogen-bond acceptors (Lipinski definition) is 7. The molecule has 0 bridgehead atoms.